The second-order valence-electron chi connectivity index (χ2n) is 7.33. The van der Waals surface area contributed by atoms with Crippen molar-refractivity contribution >= 4 is 23.3 Å². The SMILES string of the molecule is CCc1[nH]c(C(=O)N2CCN(c3ccc(C(C)=O)cc3F)CC2)c(C)c1C(=O)OC. The van der Waals surface area contributed by atoms with Crippen molar-refractivity contribution in [2.45, 2.75) is 27.2 Å². The second-order valence-corrected chi connectivity index (χ2v) is 7.33. The average Bonchev–Trinajstić information content (AvgIpc) is 3.09. The van der Waals surface area contributed by atoms with Gasteiger partial charge in [-0.2, -0.15) is 0 Å². The van der Waals surface area contributed by atoms with E-state index in [0.29, 0.717) is 66.4 Å². The van der Waals surface area contributed by atoms with Crippen LogP contribution < -0.4 is 4.90 Å². The zero-order valence-electron chi connectivity index (χ0n) is 17.7. The quantitative estimate of drug-likeness (QED) is 0.600. The molecule has 0 unspecified atom stereocenters. The smallest absolute Gasteiger partial charge is 0.339 e. The molecule has 0 aliphatic carbocycles. The predicted octanol–water partition coefficient (Wildman–Crippen LogP) is 2.98. The van der Waals surface area contributed by atoms with Gasteiger partial charge in [-0.15, -0.1) is 0 Å². The number of Topliss-reactive ketones (excluding diaryl/α,β-unsaturated/α-hetero) is 1. The van der Waals surface area contributed by atoms with Crippen LogP contribution in [0.4, 0.5) is 10.1 Å². The van der Waals surface area contributed by atoms with Gasteiger partial charge in [-0.25, -0.2) is 9.18 Å². The molecule has 1 aliphatic rings. The van der Waals surface area contributed by atoms with E-state index in [1.165, 1.54) is 20.1 Å². The molecular weight excluding hydrogens is 389 g/mol. The Balaban J connectivity index is 1.74. The molecule has 30 heavy (non-hydrogen) atoms. The number of piperazine rings is 1. The molecule has 3 rings (SSSR count). The normalized spacial score (nSPS) is 14.0. The predicted molar refractivity (Wildman–Crippen MR) is 111 cm³/mol. The van der Waals surface area contributed by atoms with Gasteiger partial charge in [-0.3, -0.25) is 9.59 Å². The number of ether oxygens (including phenoxy) is 1. The van der Waals surface area contributed by atoms with Crippen molar-refractivity contribution in [2.75, 3.05) is 38.2 Å². The fourth-order valence-corrected chi connectivity index (χ4v) is 3.81. The largest absolute Gasteiger partial charge is 0.465 e. The van der Waals surface area contributed by atoms with Gasteiger partial charge < -0.3 is 19.5 Å². The molecule has 160 valence electrons. The first-order valence-electron chi connectivity index (χ1n) is 9.92. The standard InChI is InChI=1S/C22H26FN3O4/c1-5-17-19(22(29)30-4)13(2)20(24-17)21(28)26-10-8-25(9-11-26)18-7-6-15(14(3)27)12-16(18)23/h6-7,12,24H,5,8-11H2,1-4H3. The van der Waals surface area contributed by atoms with E-state index in [0.717, 1.165) is 0 Å². The van der Waals surface area contributed by atoms with Gasteiger partial charge in [0.15, 0.2) is 5.78 Å². The number of hydrogen-bond acceptors (Lipinski definition) is 5. The highest BCUT2D eigenvalue weighted by Crippen LogP contribution is 2.25. The summed E-state index contributed by atoms with van der Waals surface area (Å²) >= 11 is 0. The van der Waals surface area contributed by atoms with Crippen molar-refractivity contribution in [2.24, 2.45) is 0 Å². The lowest BCUT2D eigenvalue weighted by molar-refractivity contribution is 0.0598. The van der Waals surface area contributed by atoms with Crippen LogP contribution in [0, 0.1) is 12.7 Å². The summed E-state index contributed by atoms with van der Waals surface area (Å²) in [7, 11) is 1.32. The van der Waals surface area contributed by atoms with Crippen LogP contribution in [-0.2, 0) is 11.2 Å². The molecule has 2 heterocycles. The van der Waals surface area contributed by atoms with Crippen molar-refractivity contribution in [1.82, 2.24) is 9.88 Å². The summed E-state index contributed by atoms with van der Waals surface area (Å²) in [4.78, 5) is 43.2. The van der Waals surface area contributed by atoms with E-state index in [1.807, 2.05) is 11.8 Å². The molecule has 1 aromatic heterocycles. The summed E-state index contributed by atoms with van der Waals surface area (Å²) in [5.41, 5.74) is 2.81. The molecule has 1 amide bonds. The monoisotopic (exact) mass is 415 g/mol. The van der Waals surface area contributed by atoms with E-state index >= 15 is 0 Å². The summed E-state index contributed by atoms with van der Waals surface area (Å²) < 4.78 is 19.3. The molecule has 0 atom stereocenters. The number of anilines is 1. The number of methoxy groups -OCH3 is 1. The number of benzene rings is 1. The zero-order chi connectivity index (χ0) is 22.0. The third kappa shape index (κ3) is 3.94. The third-order valence-electron chi connectivity index (χ3n) is 5.55. The Labute approximate surface area is 174 Å². The zero-order valence-corrected chi connectivity index (χ0v) is 17.7. The summed E-state index contributed by atoms with van der Waals surface area (Å²) in [5, 5.41) is 0. The van der Waals surface area contributed by atoms with Gasteiger partial charge >= 0.3 is 5.97 Å². The summed E-state index contributed by atoms with van der Waals surface area (Å²) in [5.74, 6) is -1.29. The molecule has 0 radical (unpaired) electrons. The van der Waals surface area contributed by atoms with Crippen molar-refractivity contribution in [3.63, 3.8) is 0 Å². The minimum absolute atomic E-state index is 0.185. The maximum Gasteiger partial charge on any atom is 0.339 e. The Morgan fingerprint density at radius 1 is 1.17 bits per heavy atom. The molecule has 2 aromatic rings. The van der Waals surface area contributed by atoms with Gasteiger partial charge in [-0.1, -0.05) is 6.92 Å². The maximum atomic E-state index is 14.4. The number of rotatable bonds is 5. The topological polar surface area (TPSA) is 82.7 Å². The van der Waals surface area contributed by atoms with Gasteiger partial charge in [0, 0.05) is 37.4 Å². The van der Waals surface area contributed by atoms with Gasteiger partial charge in [-0.05, 0) is 44.0 Å². The van der Waals surface area contributed by atoms with Gasteiger partial charge in [0.1, 0.15) is 11.5 Å². The molecule has 1 fully saturated rings. The van der Waals surface area contributed by atoms with Gasteiger partial charge in [0.05, 0.1) is 18.4 Å². The van der Waals surface area contributed by atoms with Gasteiger partial charge in [0.2, 0.25) is 0 Å². The Morgan fingerprint density at radius 3 is 2.37 bits per heavy atom. The number of carbonyl (C=O) groups is 3. The second kappa shape index (κ2) is 8.69. The number of esters is 1. The number of nitrogens with one attached hydrogen (secondary N) is 1. The first-order chi connectivity index (χ1) is 14.3. The van der Waals surface area contributed by atoms with Crippen molar-refractivity contribution < 1.29 is 23.5 Å². The molecule has 0 saturated carbocycles. The highest BCUT2D eigenvalue weighted by molar-refractivity contribution is 6.00. The number of ketones is 1. The molecule has 0 bridgehead atoms. The van der Waals surface area contributed by atoms with Crippen LogP contribution in [0.15, 0.2) is 18.2 Å². The number of H-pyrrole nitrogens is 1. The Bertz CT molecular complexity index is 991. The Hall–Kier alpha value is -3.16. The van der Waals surface area contributed by atoms with E-state index in [1.54, 1.807) is 24.0 Å². The maximum absolute atomic E-state index is 14.4. The molecule has 7 nitrogen and oxygen atoms in total. The first kappa shape index (κ1) is 21.5. The van der Waals surface area contributed by atoms with E-state index in [4.69, 9.17) is 4.74 Å². The molecule has 1 saturated heterocycles. The number of carbonyl (C=O) groups excluding carboxylic acids is 3. The Kier molecular flexibility index (Phi) is 6.24. The molecule has 1 aromatic carbocycles. The molecule has 1 N–H and O–H groups in total. The van der Waals surface area contributed by atoms with Crippen LogP contribution in [0.5, 0.6) is 0 Å². The molecule has 0 spiro atoms. The number of aromatic nitrogens is 1. The lowest BCUT2D eigenvalue weighted by Gasteiger charge is -2.36. The first-order valence-corrected chi connectivity index (χ1v) is 9.92. The van der Waals surface area contributed by atoms with Crippen LogP contribution >= 0.6 is 0 Å². The van der Waals surface area contributed by atoms with Crippen LogP contribution in [0.3, 0.4) is 0 Å². The minimum atomic E-state index is -0.464. The van der Waals surface area contributed by atoms with Crippen molar-refractivity contribution in [1.29, 1.82) is 0 Å². The number of halogens is 1. The Morgan fingerprint density at radius 2 is 1.83 bits per heavy atom. The van der Waals surface area contributed by atoms with E-state index in [2.05, 4.69) is 4.98 Å². The van der Waals surface area contributed by atoms with Crippen molar-refractivity contribution in [3.05, 3.63) is 52.1 Å². The van der Waals surface area contributed by atoms with Crippen LogP contribution in [0.2, 0.25) is 0 Å². The fraction of sp³-hybridized carbons (Fsp3) is 0.409. The third-order valence-corrected chi connectivity index (χ3v) is 5.55. The number of hydrogen-bond donors (Lipinski definition) is 1. The minimum Gasteiger partial charge on any atom is -0.465 e. The molecule has 1 aliphatic heterocycles. The highest BCUT2D eigenvalue weighted by atomic mass is 19.1. The molecule has 8 heteroatoms. The fourth-order valence-electron chi connectivity index (χ4n) is 3.81. The highest BCUT2D eigenvalue weighted by Gasteiger charge is 2.29. The number of aryl methyl sites for hydroxylation is 1. The summed E-state index contributed by atoms with van der Waals surface area (Å²) in [6.07, 6.45) is 0.571. The summed E-state index contributed by atoms with van der Waals surface area (Å²) in [6, 6.07) is 4.47. The summed E-state index contributed by atoms with van der Waals surface area (Å²) in [6.45, 7) is 6.80. The van der Waals surface area contributed by atoms with E-state index in [-0.39, 0.29) is 11.7 Å². The lowest BCUT2D eigenvalue weighted by Crippen LogP contribution is -2.49. The van der Waals surface area contributed by atoms with Crippen LogP contribution in [0.1, 0.15) is 56.3 Å². The number of aromatic amines is 1. The van der Waals surface area contributed by atoms with Crippen molar-refractivity contribution in [3.8, 4) is 0 Å². The molecular formula is C22H26FN3O4. The lowest BCUT2D eigenvalue weighted by atomic mass is 10.1. The number of amides is 1. The van der Waals surface area contributed by atoms with Crippen LogP contribution in [-0.4, -0.2) is 60.8 Å². The van der Waals surface area contributed by atoms with E-state index in [9.17, 15) is 18.8 Å². The van der Waals surface area contributed by atoms with Crippen LogP contribution in [0.25, 0.3) is 0 Å². The van der Waals surface area contributed by atoms with Gasteiger partial charge in [0.25, 0.3) is 5.91 Å². The number of nitrogens with zero attached hydrogens (tertiary/aromatic N) is 2. The average molecular weight is 415 g/mol. The van der Waals surface area contributed by atoms with E-state index < -0.39 is 11.8 Å².